The first-order valence-electron chi connectivity index (χ1n) is 9.06. The number of carbonyl (C=O) groups excluding carboxylic acids is 1. The van der Waals surface area contributed by atoms with Crippen LogP contribution in [0.1, 0.15) is 31.2 Å². The van der Waals surface area contributed by atoms with Gasteiger partial charge in [0, 0.05) is 10.4 Å². The van der Waals surface area contributed by atoms with Crippen LogP contribution in [0.3, 0.4) is 0 Å². The summed E-state index contributed by atoms with van der Waals surface area (Å²) in [5.74, 6) is 0.602. The number of halogens is 2. The number of methoxy groups -OCH3 is 1. The largest absolute Gasteiger partial charge is 0.481 e. The van der Waals surface area contributed by atoms with Crippen molar-refractivity contribution in [2.75, 3.05) is 13.7 Å². The first kappa shape index (κ1) is 22.2. The molecule has 0 amide bonds. The normalized spacial score (nSPS) is 11.4. The van der Waals surface area contributed by atoms with E-state index in [1.165, 1.54) is 11.8 Å². The summed E-state index contributed by atoms with van der Waals surface area (Å²) in [6.07, 6.45) is 1.58. The third-order valence-electron chi connectivity index (χ3n) is 4.20. The van der Waals surface area contributed by atoms with Crippen molar-refractivity contribution in [3.05, 3.63) is 67.1 Å². The quantitative estimate of drug-likeness (QED) is 0.342. The zero-order chi connectivity index (χ0) is 21.8. The van der Waals surface area contributed by atoms with Crippen LogP contribution in [-0.2, 0) is 9.53 Å². The molecule has 156 valence electrons. The van der Waals surface area contributed by atoms with Gasteiger partial charge >= 0.3 is 5.97 Å². The Kier molecular flexibility index (Phi) is 7.04. The molecule has 0 atom stereocenters. The molecule has 0 fully saturated rings. The number of carbonyl (C=O) groups is 1. The minimum atomic E-state index is -0.469. The summed E-state index contributed by atoms with van der Waals surface area (Å²) in [5.41, 5.74) is 1.13. The van der Waals surface area contributed by atoms with E-state index < -0.39 is 5.97 Å². The van der Waals surface area contributed by atoms with Gasteiger partial charge in [0.1, 0.15) is 11.6 Å². The number of esters is 1. The monoisotopic (exact) mass is 535 g/mol. The minimum Gasteiger partial charge on any atom is -0.481 e. The van der Waals surface area contributed by atoms with Crippen LogP contribution in [0.15, 0.2) is 55.2 Å². The Hall–Kier alpha value is -2.52. The highest BCUT2D eigenvalue weighted by Gasteiger charge is 2.14. The van der Waals surface area contributed by atoms with E-state index in [-0.39, 0.29) is 18.1 Å². The van der Waals surface area contributed by atoms with Gasteiger partial charge < -0.3 is 9.47 Å². The van der Waals surface area contributed by atoms with Crippen LogP contribution < -0.4 is 10.3 Å². The topological polar surface area (TPSA) is 82.8 Å². The van der Waals surface area contributed by atoms with Crippen molar-refractivity contribution in [2.45, 2.75) is 19.8 Å². The van der Waals surface area contributed by atoms with E-state index in [4.69, 9.17) is 4.74 Å². The van der Waals surface area contributed by atoms with Crippen molar-refractivity contribution in [3.8, 4) is 5.75 Å². The molecule has 0 unspecified atom stereocenters. The Morgan fingerprint density at radius 3 is 2.67 bits per heavy atom. The number of aromatic nitrogens is 2. The predicted octanol–water partition coefficient (Wildman–Crippen LogP) is 4.48. The van der Waals surface area contributed by atoms with E-state index in [0.29, 0.717) is 26.9 Å². The summed E-state index contributed by atoms with van der Waals surface area (Å²) in [6.45, 7) is 3.74. The summed E-state index contributed by atoms with van der Waals surface area (Å²) < 4.78 is 12.7. The lowest BCUT2D eigenvalue weighted by atomic mass is 10.2. The lowest BCUT2D eigenvalue weighted by Crippen LogP contribution is -2.23. The maximum atomic E-state index is 13.0. The first-order chi connectivity index (χ1) is 14.3. The molecule has 0 saturated carbocycles. The van der Waals surface area contributed by atoms with Crippen molar-refractivity contribution >= 4 is 54.9 Å². The molecule has 0 aliphatic carbocycles. The second-order valence-electron chi connectivity index (χ2n) is 6.70. The molecular weight excluding hydrogens is 518 g/mol. The molecular formula is C21H19Br2N3O4. The van der Waals surface area contributed by atoms with Gasteiger partial charge in [0.25, 0.3) is 5.56 Å². The fourth-order valence-electron chi connectivity index (χ4n) is 2.69. The van der Waals surface area contributed by atoms with Crippen LogP contribution in [0.25, 0.3) is 10.9 Å². The zero-order valence-corrected chi connectivity index (χ0v) is 19.7. The summed E-state index contributed by atoms with van der Waals surface area (Å²) in [5, 5.41) is 4.89. The smallest absolute Gasteiger partial charge is 0.343 e. The van der Waals surface area contributed by atoms with Gasteiger partial charge in [-0.1, -0.05) is 29.8 Å². The Bertz CT molecular complexity index is 1190. The van der Waals surface area contributed by atoms with Crippen molar-refractivity contribution < 1.29 is 14.3 Å². The molecule has 0 bridgehead atoms. The van der Waals surface area contributed by atoms with Crippen LogP contribution in [0, 0.1) is 0 Å². The molecule has 0 radical (unpaired) electrons. The zero-order valence-electron chi connectivity index (χ0n) is 16.6. The molecule has 9 heteroatoms. The highest BCUT2D eigenvalue weighted by molar-refractivity contribution is 9.10. The Morgan fingerprint density at radius 1 is 1.23 bits per heavy atom. The van der Waals surface area contributed by atoms with Gasteiger partial charge in [-0.25, -0.2) is 9.78 Å². The third-order valence-corrected chi connectivity index (χ3v) is 5.31. The van der Waals surface area contributed by atoms with Crippen LogP contribution in [0.5, 0.6) is 5.75 Å². The molecule has 0 spiro atoms. The fourth-order valence-corrected chi connectivity index (χ4v) is 3.56. The summed E-state index contributed by atoms with van der Waals surface area (Å²) in [7, 11) is 1.30. The van der Waals surface area contributed by atoms with E-state index in [1.54, 1.807) is 30.5 Å². The SMILES string of the molecule is COC(=O)COc1ccc(C=Nn2c(C(C)C)nc3ccc(Br)cc3c2=O)cc1Br. The highest BCUT2D eigenvalue weighted by Crippen LogP contribution is 2.25. The van der Waals surface area contributed by atoms with Crippen molar-refractivity contribution in [1.29, 1.82) is 0 Å². The summed E-state index contributed by atoms with van der Waals surface area (Å²) in [6, 6.07) is 10.7. The number of benzene rings is 2. The number of hydrogen-bond acceptors (Lipinski definition) is 6. The Balaban J connectivity index is 1.96. The predicted molar refractivity (Wildman–Crippen MR) is 122 cm³/mol. The standard InChI is InChI=1S/C21H19Br2N3O4/c1-12(2)20-25-17-6-5-14(22)9-15(17)21(28)26(20)24-10-13-4-7-18(16(23)8-13)30-11-19(27)29-3/h4-10,12H,11H2,1-3H3. The number of hydrogen-bond donors (Lipinski definition) is 0. The fraction of sp³-hybridized carbons (Fsp3) is 0.238. The maximum Gasteiger partial charge on any atom is 0.343 e. The molecule has 0 aliphatic heterocycles. The number of rotatable bonds is 6. The second-order valence-corrected chi connectivity index (χ2v) is 8.47. The van der Waals surface area contributed by atoms with Gasteiger partial charge in [-0.3, -0.25) is 4.79 Å². The molecule has 0 saturated heterocycles. The molecule has 1 aromatic heterocycles. The van der Waals surface area contributed by atoms with E-state index in [2.05, 4.69) is 46.7 Å². The molecule has 0 N–H and O–H groups in total. The van der Waals surface area contributed by atoms with Crippen molar-refractivity contribution in [2.24, 2.45) is 5.10 Å². The van der Waals surface area contributed by atoms with E-state index in [9.17, 15) is 9.59 Å². The minimum absolute atomic E-state index is 0.00345. The molecule has 3 aromatic rings. The van der Waals surface area contributed by atoms with Crippen molar-refractivity contribution in [3.63, 3.8) is 0 Å². The Labute approximate surface area is 190 Å². The van der Waals surface area contributed by atoms with Gasteiger partial charge in [-0.05, 0) is 57.9 Å². The van der Waals surface area contributed by atoms with Gasteiger partial charge in [0.2, 0.25) is 0 Å². The van der Waals surface area contributed by atoms with E-state index in [1.807, 2.05) is 26.0 Å². The second kappa shape index (κ2) is 9.53. The van der Waals surface area contributed by atoms with Crippen LogP contribution in [-0.4, -0.2) is 35.6 Å². The van der Waals surface area contributed by atoms with Gasteiger partial charge in [0.05, 0.1) is 28.7 Å². The lowest BCUT2D eigenvalue weighted by molar-refractivity contribution is -0.142. The van der Waals surface area contributed by atoms with Crippen LogP contribution in [0.4, 0.5) is 0 Å². The lowest BCUT2D eigenvalue weighted by Gasteiger charge is -2.12. The van der Waals surface area contributed by atoms with Crippen LogP contribution >= 0.6 is 31.9 Å². The molecule has 30 heavy (non-hydrogen) atoms. The number of fused-ring (bicyclic) bond motifs is 1. The molecule has 2 aromatic carbocycles. The molecule has 7 nitrogen and oxygen atoms in total. The third kappa shape index (κ3) is 4.96. The Morgan fingerprint density at radius 2 is 2.00 bits per heavy atom. The number of nitrogens with zero attached hydrogens (tertiary/aromatic N) is 3. The number of ether oxygens (including phenoxy) is 2. The average Bonchev–Trinajstić information content (AvgIpc) is 2.72. The van der Waals surface area contributed by atoms with E-state index >= 15 is 0 Å². The molecule has 0 aliphatic rings. The first-order valence-corrected chi connectivity index (χ1v) is 10.6. The van der Waals surface area contributed by atoms with Gasteiger partial charge in [-0.15, -0.1) is 0 Å². The molecule has 3 rings (SSSR count). The average molecular weight is 537 g/mol. The van der Waals surface area contributed by atoms with Gasteiger partial charge in [-0.2, -0.15) is 9.78 Å². The summed E-state index contributed by atoms with van der Waals surface area (Å²) in [4.78, 5) is 28.9. The van der Waals surface area contributed by atoms with E-state index in [0.717, 1.165) is 10.0 Å². The molecule has 1 heterocycles. The highest BCUT2D eigenvalue weighted by atomic mass is 79.9. The van der Waals surface area contributed by atoms with Gasteiger partial charge in [0.15, 0.2) is 6.61 Å². The maximum absolute atomic E-state index is 13.0. The van der Waals surface area contributed by atoms with Crippen molar-refractivity contribution in [1.82, 2.24) is 9.66 Å². The summed E-state index contributed by atoms with van der Waals surface area (Å²) >= 11 is 6.81. The van der Waals surface area contributed by atoms with Crippen LogP contribution in [0.2, 0.25) is 0 Å².